The normalized spacial score (nSPS) is 27.8. The number of thiol groups is 1. The molecule has 24 heteroatoms. The molecule has 49 heavy (non-hydrogen) atoms. The molecule has 10 atom stereocenters. The van der Waals surface area contributed by atoms with Gasteiger partial charge in [0.1, 0.15) is 43.7 Å². The second kappa shape index (κ2) is 15.1. The Morgan fingerprint density at radius 2 is 1.61 bits per heavy atom. The number of imidazole rings is 2. The van der Waals surface area contributed by atoms with Gasteiger partial charge in [0.25, 0.3) is 0 Å². The Labute approximate surface area is 282 Å². The van der Waals surface area contributed by atoms with E-state index in [0.717, 1.165) is 0 Å². The van der Waals surface area contributed by atoms with Gasteiger partial charge < -0.3 is 35.5 Å². The molecule has 2 saturated heterocycles. The summed E-state index contributed by atoms with van der Waals surface area (Å²) in [5, 5.41) is 22.3. The predicted molar refractivity (Wildman–Crippen MR) is 173 cm³/mol. The van der Waals surface area contributed by atoms with E-state index in [0.29, 0.717) is 11.3 Å². The lowest BCUT2D eigenvalue weighted by molar-refractivity contribution is -0.0430. The van der Waals surface area contributed by atoms with Crippen molar-refractivity contribution in [3.63, 3.8) is 0 Å². The number of anilines is 2. The fourth-order valence-electron chi connectivity index (χ4n) is 5.42. The molecule has 2 aliphatic rings. The Kier molecular flexibility index (Phi) is 10.9. The second-order valence-corrected chi connectivity index (χ2v) is 13.1. The molecule has 10 unspecified atom stereocenters. The number of aromatic nitrogens is 8. The highest BCUT2D eigenvalue weighted by Crippen LogP contribution is 2.42. The van der Waals surface area contributed by atoms with Gasteiger partial charge in [-0.2, -0.15) is 14.9 Å². The van der Waals surface area contributed by atoms with Gasteiger partial charge in [0.05, 0.1) is 25.9 Å². The highest BCUT2D eigenvalue weighted by molar-refractivity contribution is 8.39. The van der Waals surface area contributed by atoms with E-state index in [1.807, 2.05) is 0 Å². The smallest absolute Gasteiger partial charge is 0.472 e. The van der Waals surface area contributed by atoms with Crippen molar-refractivity contribution in [1.29, 1.82) is 0 Å². The van der Waals surface area contributed by atoms with E-state index in [4.69, 9.17) is 29.0 Å². The summed E-state index contributed by atoms with van der Waals surface area (Å²) in [4.78, 5) is 34.7. The number of nitrogens with zero attached hydrogens (tertiary/aromatic N) is 8. The van der Waals surface area contributed by atoms with Crippen LogP contribution in [0.3, 0.4) is 0 Å². The van der Waals surface area contributed by atoms with Crippen LogP contribution in [0.1, 0.15) is 12.5 Å². The number of hydrogen-bond donors (Lipinski definition) is 6. The van der Waals surface area contributed by atoms with E-state index in [-0.39, 0.29) is 41.8 Å². The van der Waals surface area contributed by atoms with Gasteiger partial charge in [0, 0.05) is 6.54 Å². The third-order valence-corrected chi connectivity index (χ3v) is 8.73. The van der Waals surface area contributed by atoms with Crippen LogP contribution < -0.4 is 15.8 Å². The van der Waals surface area contributed by atoms with Crippen LogP contribution in [0.25, 0.3) is 22.3 Å². The van der Waals surface area contributed by atoms with E-state index in [1.165, 1.54) is 28.1 Å². The Morgan fingerprint density at radius 3 is 2.24 bits per heavy atom. The van der Waals surface area contributed by atoms with Crippen molar-refractivity contribution in [1.82, 2.24) is 39.0 Å². The molecule has 4 aromatic heterocycles. The number of hydrogen-bond acceptors (Lipinski definition) is 17. The van der Waals surface area contributed by atoms with E-state index in [1.54, 1.807) is 12.2 Å². The highest BCUT2D eigenvalue weighted by atomic mass is 32.7. The van der Waals surface area contributed by atoms with Gasteiger partial charge in [-0.25, -0.2) is 28.7 Å². The number of halogens is 2. The van der Waals surface area contributed by atoms with Crippen molar-refractivity contribution < 1.29 is 51.7 Å². The lowest BCUT2D eigenvalue weighted by atomic mass is 10.1. The lowest BCUT2D eigenvalue weighted by Crippen LogP contribution is -2.32. The highest BCUT2D eigenvalue weighted by Gasteiger charge is 2.52. The van der Waals surface area contributed by atoms with Gasteiger partial charge in [0.15, 0.2) is 65.2 Å². The van der Waals surface area contributed by atoms with Crippen molar-refractivity contribution >= 4 is 67.9 Å². The number of nitrogen functional groups attached to an aromatic ring is 1. The average molecular weight is 747 g/mol. The number of fused-ring (bicyclic) bond motifs is 2. The van der Waals surface area contributed by atoms with Gasteiger partial charge in [-0.1, -0.05) is 6.08 Å². The van der Waals surface area contributed by atoms with Crippen molar-refractivity contribution in [2.45, 2.75) is 49.2 Å². The first-order valence-electron chi connectivity index (χ1n) is 14.4. The number of rotatable bonds is 14. The van der Waals surface area contributed by atoms with Crippen LogP contribution in [-0.4, -0.2) is 124 Å². The number of nitrogens with one attached hydrogen (secondary N) is 1. The maximum atomic E-state index is 15.3. The topological polar surface area (TPSA) is 249 Å². The molecule has 0 bridgehead atoms. The lowest BCUT2D eigenvalue weighted by Gasteiger charge is -2.15. The van der Waals surface area contributed by atoms with Crippen LogP contribution in [0.5, 0.6) is 5.88 Å². The van der Waals surface area contributed by atoms with Crippen LogP contribution in [0.2, 0.25) is 0 Å². The quantitative estimate of drug-likeness (QED) is 0.0601. The zero-order valence-electron chi connectivity index (χ0n) is 25.1. The van der Waals surface area contributed by atoms with E-state index in [2.05, 4.69) is 53.8 Å². The summed E-state index contributed by atoms with van der Waals surface area (Å²) in [6.45, 7) is -0.843. The van der Waals surface area contributed by atoms with E-state index in [9.17, 15) is 19.7 Å². The van der Waals surface area contributed by atoms with Crippen molar-refractivity contribution in [2.24, 2.45) is 0 Å². The Hall–Kier alpha value is -3.56. The maximum absolute atomic E-state index is 15.3. The SMILES string of the molecule is C=[P+](O)OC1C(CO)OC(n2cnc3c(OCC=CCNc4ncnc5c4ncn5C4OC(CO)C(O[P+](=O)S)C4F)nc(N)nc32)C1F. The summed E-state index contributed by atoms with van der Waals surface area (Å²) >= 11 is 3.67. The number of aliphatic hydroxyl groups is 2. The van der Waals surface area contributed by atoms with Crippen LogP contribution in [0.4, 0.5) is 20.5 Å². The first-order chi connectivity index (χ1) is 23.6. The molecule has 262 valence electrons. The summed E-state index contributed by atoms with van der Waals surface area (Å²) in [5.74, 6) is 0.189. The van der Waals surface area contributed by atoms with Crippen molar-refractivity contribution in [3.8, 4) is 5.88 Å². The maximum Gasteiger partial charge on any atom is 0.582 e. The third kappa shape index (κ3) is 7.20. The van der Waals surface area contributed by atoms with Gasteiger partial charge in [0.2, 0.25) is 11.8 Å². The largest absolute Gasteiger partial charge is 0.582 e. The number of aliphatic hydroxyl groups excluding tert-OH is 2. The first-order valence-corrected chi connectivity index (χ1v) is 18.1. The fraction of sp³-hybridized carbons (Fsp3) is 0.480. The Bertz CT molecular complexity index is 1870. The molecule has 6 N–H and O–H groups in total. The van der Waals surface area contributed by atoms with E-state index >= 15 is 8.78 Å². The fourth-order valence-corrected chi connectivity index (χ4v) is 6.74. The third-order valence-electron chi connectivity index (χ3n) is 7.53. The molecule has 0 spiro atoms. The molecule has 0 saturated carbocycles. The zero-order chi connectivity index (χ0) is 34.8. The molecular formula is C25H30F2N10O9P2S+2. The molecule has 0 aliphatic carbocycles. The molecule has 0 amide bonds. The van der Waals surface area contributed by atoms with Gasteiger partial charge in [-0.15, -0.1) is 9.05 Å². The molecule has 2 aliphatic heterocycles. The van der Waals surface area contributed by atoms with Crippen LogP contribution >= 0.6 is 27.5 Å². The summed E-state index contributed by atoms with van der Waals surface area (Å²) in [6.07, 6.45) is -0.307. The molecule has 4 aromatic rings. The van der Waals surface area contributed by atoms with Crippen LogP contribution in [0.15, 0.2) is 31.1 Å². The summed E-state index contributed by atoms with van der Waals surface area (Å²) < 4.78 is 71.8. The molecule has 0 aromatic carbocycles. The Morgan fingerprint density at radius 1 is 0.980 bits per heavy atom. The summed E-state index contributed by atoms with van der Waals surface area (Å²) in [7, 11) is -4.61. The predicted octanol–water partition coefficient (Wildman–Crippen LogP) is 1.14. The second-order valence-electron chi connectivity index (χ2n) is 10.5. The van der Waals surface area contributed by atoms with Crippen molar-refractivity contribution in [2.75, 3.05) is 37.4 Å². The van der Waals surface area contributed by atoms with Crippen LogP contribution in [0, 0.1) is 0 Å². The van der Waals surface area contributed by atoms with Crippen LogP contribution in [-0.2, 0) is 23.1 Å². The van der Waals surface area contributed by atoms with Gasteiger partial charge >= 0.3 is 15.2 Å². The summed E-state index contributed by atoms with van der Waals surface area (Å²) in [5.41, 5.74) is 6.74. The van der Waals surface area contributed by atoms with Gasteiger partial charge in [-0.3, -0.25) is 9.13 Å². The van der Waals surface area contributed by atoms with E-state index < -0.39 is 77.7 Å². The molecule has 6 rings (SSSR count). The van der Waals surface area contributed by atoms with Crippen molar-refractivity contribution in [3.05, 3.63) is 31.1 Å². The van der Waals surface area contributed by atoms with Gasteiger partial charge in [-0.05, 0) is 10.6 Å². The molecule has 2 fully saturated rings. The minimum Gasteiger partial charge on any atom is -0.472 e. The number of alkyl halides is 2. The number of nitrogens with two attached hydrogens (primary N) is 1. The molecule has 6 heterocycles. The zero-order valence-corrected chi connectivity index (χ0v) is 27.8. The number of ether oxygens (including phenoxy) is 3. The minimum atomic E-state index is -2.44. The average Bonchev–Trinajstić information content (AvgIpc) is 3.83. The Balaban J connectivity index is 1.09. The minimum absolute atomic E-state index is 0.0234. The first kappa shape index (κ1) is 35.3. The summed E-state index contributed by atoms with van der Waals surface area (Å²) in [6, 6.07) is 0. The standard InChI is InChI=1S/C25H29F2N10O9P2S/c1-47(40)45-17-11(6-38)43-24(13(17)26)37-10-33-16-21(37)34-25(28)35-22(16)42-5-3-2-4-29-19-15-20(31-8-30-19)36(9-32-15)23-14(27)18(46-48(41)49)12(7-39)44-23/h2-3,8-14,17-18,23-24,38-39H,1,4-7H2,(H4-,28,29,30,31,34,35,40,41,49)/q+1/p+1. The molecule has 19 nitrogen and oxygen atoms in total. The molecular weight excluding hydrogens is 716 g/mol. The molecule has 0 radical (unpaired) electrons. The monoisotopic (exact) mass is 746 g/mol.